The number of hydrogen-bond acceptors (Lipinski definition) is 5. The quantitative estimate of drug-likeness (QED) is 0.738. The van der Waals surface area contributed by atoms with E-state index in [0.29, 0.717) is 11.6 Å². The van der Waals surface area contributed by atoms with Crippen molar-refractivity contribution < 1.29 is 9.90 Å². The third-order valence-electron chi connectivity index (χ3n) is 4.63. The molecule has 3 aromatic rings. The molecule has 0 bridgehead atoms. The zero-order valence-electron chi connectivity index (χ0n) is 13.0. The number of phenolic OH excluding ortho intramolecular Hbond substituents is 1. The van der Waals surface area contributed by atoms with Crippen LogP contribution in [-0.4, -0.2) is 16.0 Å². The van der Waals surface area contributed by atoms with Gasteiger partial charge in [0.1, 0.15) is 5.75 Å². The second-order valence-electron chi connectivity index (χ2n) is 6.22. The van der Waals surface area contributed by atoms with Gasteiger partial charge in [-0.15, -0.1) is 22.7 Å². The van der Waals surface area contributed by atoms with Crippen LogP contribution in [0.2, 0.25) is 0 Å². The number of aromatic hydroxyl groups is 1. The molecule has 2 heterocycles. The summed E-state index contributed by atoms with van der Waals surface area (Å²) in [5.74, 6) is 0.131. The molecule has 24 heavy (non-hydrogen) atoms. The van der Waals surface area contributed by atoms with Crippen LogP contribution in [0.25, 0.3) is 0 Å². The maximum atomic E-state index is 13.1. The Labute approximate surface area is 147 Å². The van der Waals surface area contributed by atoms with Crippen LogP contribution in [-0.2, 0) is 11.2 Å². The minimum atomic E-state index is -0.618. The lowest BCUT2D eigenvalue weighted by Crippen LogP contribution is -2.37. The number of thiophene rings is 1. The lowest BCUT2D eigenvalue weighted by Gasteiger charge is -2.29. The third kappa shape index (κ3) is 2.42. The molecule has 0 spiro atoms. The van der Waals surface area contributed by atoms with Crippen molar-refractivity contribution >= 4 is 33.7 Å². The summed E-state index contributed by atoms with van der Waals surface area (Å²) in [6, 6.07) is 9.47. The molecule has 122 valence electrons. The molecule has 0 saturated carbocycles. The number of carbonyl (C=O) groups excluding carboxylic acids is 1. The summed E-state index contributed by atoms with van der Waals surface area (Å²) in [5.41, 5.74) is 1.53. The van der Waals surface area contributed by atoms with Gasteiger partial charge in [0.25, 0.3) is 0 Å². The third-order valence-corrected chi connectivity index (χ3v) is 6.26. The molecule has 0 saturated heterocycles. The molecule has 6 heteroatoms. The number of hydrogen-bond donors (Lipinski definition) is 2. The van der Waals surface area contributed by atoms with Crippen LogP contribution in [0.15, 0.2) is 47.3 Å². The Balaban J connectivity index is 1.78. The lowest BCUT2D eigenvalue weighted by molar-refractivity contribution is -0.125. The Bertz CT molecular complexity index is 875. The maximum Gasteiger partial charge on any atom is 0.233 e. The topological polar surface area (TPSA) is 62.2 Å². The second kappa shape index (κ2) is 5.72. The molecule has 1 aliphatic rings. The number of thiazole rings is 1. The van der Waals surface area contributed by atoms with Crippen LogP contribution < -0.4 is 5.32 Å². The van der Waals surface area contributed by atoms with E-state index in [1.165, 1.54) is 11.3 Å². The summed E-state index contributed by atoms with van der Waals surface area (Å²) in [6.45, 7) is 2.00. The van der Waals surface area contributed by atoms with Gasteiger partial charge in [0.05, 0.1) is 5.41 Å². The van der Waals surface area contributed by atoms with Crippen LogP contribution in [0, 0.1) is 5.41 Å². The normalized spacial score (nSPS) is 22.3. The van der Waals surface area contributed by atoms with E-state index in [9.17, 15) is 9.90 Å². The van der Waals surface area contributed by atoms with E-state index < -0.39 is 5.41 Å². The average Bonchev–Trinajstić information content (AvgIpc) is 3.26. The predicted molar refractivity (Wildman–Crippen MR) is 96.8 cm³/mol. The fourth-order valence-corrected chi connectivity index (χ4v) is 5.03. The lowest BCUT2D eigenvalue weighted by atomic mass is 9.76. The molecule has 1 aliphatic carbocycles. The standard InChI is InChI=1S/C18H16N2O2S2/c1-18(16(22)20-17-19-6-8-24-17)10-11-4-5-12(21)9-13(11)15(18)14-3-2-7-23-14/h2-9,15,21H,10H2,1H3,(H,19,20,22)/t15-,18+/m0/s1. The first kappa shape index (κ1) is 15.4. The second-order valence-corrected chi connectivity index (χ2v) is 8.09. The summed E-state index contributed by atoms with van der Waals surface area (Å²) in [4.78, 5) is 18.4. The Morgan fingerprint density at radius 2 is 2.21 bits per heavy atom. The van der Waals surface area contributed by atoms with Crippen molar-refractivity contribution in [1.29, 1.82) is 0 Å². The van der Waals surface area contributed by atoms with Crippen LogP contribution in [0.5, 0.6) is 5.75 Å². The fraction of sp³-hybridized carbons (Fsp3) is 0.222. The van der Waals surface area contributed by atoms with Crippen molar-refractivity contribution in [2.24, 2.45) is 5.41 Å². The molecular formula is C18H16N2O2S2. The van der Waals surface area contributed by atoms with Crippen molar-refractivity contribution in [3.8, 4) is 5.75 Å². The zero-order chi connectivity index (χ0) is 16.7. The smallest absolute Gasteiger partial charge is 0.233 e. The first-order valence-corrected chi connectivity index (χ1v) is 9.40. The Morgan fingerprint density at radius 3 is 2.92 bits per heavy atom. The molecule has 0 radical (unpaired) electrons. The van der Waals surface area contributed by atoms with E-state index in [-0.39, 0.29) is 17.6 Å². The highest BCUT2D eigenvalue weighted by Gasteiger charge is 2.49. The number of nitrogens with one attached hydrogen (secondary N) is 1. The number of carbonyl (C=O) groups is 1. The number of benzene rings is 1. The highest BCUT2D eigenvalue weighted by Crippen LogP contribution is 2.53. The van der Waals surface area contributed by atoms with E-state index >= 15 is 0 Å². The van der Waals surface area contributed by atoms with Crippen LogP contribution in [0.3, 0.4) is 0 Å². The Kier molecular flexibility index (Phi) is 3.66. The highest BCUT2D eigenvalue weighted by atomic mass is 32.1. The fourth-order valence-electron chi connectivity index (χ4n) is 3.51. The van der Waals surface area contributed by atoms with Gasteiger partial charge < -0.3 is 10.4 Å². The Hall–Kier alpha value is -2.18. The molecular weight excluding hydrogens is 340 g/mol. The summed E-state index contributed by atoms with van der Waals surface area (Å²) in [5, 5.41) is 17.4. The van der Waals surface area contributed by atoms with Crippen molar-refractivity contribution in [3.63, 3.8) is 0 Å². The molecule has 4 nitrogen and oxygen atoms in total. The monoisotopic (exact) mass is 356 g/mol. The molecule has 0 unspecified atom stereocenters. The molecule has 0 aliphatic heterocycles. The van der Waals surface area contributed by atoms with Gasteiger partial charge in [-0.05, 0) is 48.1 Å². The van der Waals surface area contributed by atoms with Crippen molar-refractivity contribution in [1.82, 2.24) is 4.98 Å². The van der Waals surface area contributed by atoms with Crippen molar-refractivity contribution in [2.45, 2.75) is 19.3 Å². The van der Waals surface area contributed by atoms with Gasteiger partial charge in [-0.25, -0.2) is 4.98 Å². The molecule has 1 aromatic carbocycles. The van der Waals surface area contributed by atoms with Gasteiger partial charge in [-0.1, -0.05) is 12.1 Å². The van der Waals surface area contributed by atoms with Crippen LogP contribution in [0.1, 0.15) is 28.8 Å². The first-order valence-electron chi connectivity index (χ1n) is 7.64. The van der Waals surface area contributed by atoms with E-state index in [4.69, 9.17) is 0 Å². The first-order chi connectivity index (χ1) is 11.6. The van der Waals surface area contributed by atoms with Gasteiger partial charge in [-0.2, -0.15) is 0 Å². The maximum absolute atomic E-state index is 13.1. The summed E-state index contributed by atoms with van der Waals surface area (Å²) < 4.78 is 0. The molecule has 2 atom stereocenters. The number of nitrogens with zero attached hydrogens (tertiary/aromatic N) is 1. The Morgan fingerprint density at radius 1 is 1.33 bits per heavy atom. The SMILES string of the molecule is C[C@@]1(C(=O)Nc2nccs2)Cc2ccc(O)cc2[C@H]1c1cccs1. The van der Waals surface area contributed by atoms with E-state index in [1.54, 1.807) is 29.7 Å². The van der Waals surface area contributed by atoms with Crippen LogP contribution in [0.4, 0.5) is 5.13 Å². The number of phenols is 1. The molecule has 4 rings (SSSR count). The molecule has 2 N–H and O–H groups in total. The van der Waals surface area contributed by atoms with E-state index in [2.05, 4.69) is 16.4 Å². The van der Waals surface area contributed by atoms with Gasteiger partial charge in [0.2, 0.25) is 5.91 Å². The van der Waals surface area contributed by atoms with Crippen molar-refractivity contribution in [2.75, 3.05) is 5.32 Å². The van der Waals surface area contributed by atoms with Gasteiger partial charge in [0, 0.05) is 22.4 Å². The summed E-state index contributed by atoms with van der Waals surface area (Å²) in [6.07, 6.45) is 2.32. The summed E-state index contributed by atoms with van der Waals surface area (Å²) in [7, 11) is 0. The van der Waals surface area contributed by atoms with Gasteiger partial charge >= 0.3 is 0 Å². The number of fused-ring (bicyclic) bond motifs is 1. The molecule has 0 fully saturated rings. The zero-order valence-corrected chi connectivity index (χ0v) is 14.7. The highest BCUT2D eigenvalue weighted by molar-refractivity contribution is 7.13. The van der Waals surface area contributed by atoms with E-state index in [0.717, 1.165) is 16.0 Å². The average molecular weight is 356 g/mol. The van der Waals surface area contributed by atoms with Gasteiger partial charge in [-0.3, -0.25) is 4.79 Å². The van der Waals surface area contributed by atoms with Crippen LogP contribution >= 0.6 is 22.7 Å². The van der Waals surface area contributed by atoms with E-state index in [1.807, 2.05) is 29.8 Å². The minimum absolute atomic E-state index is 0.0356. The minimum Gasteiger partial charge on any atom is -0.508 e. The van der Waals surface area contributed by atoms with Gasteiger partial charge in [0.15, 0.2) is 5.13 Å². The largest absolute Gasteiger partial charge is 0.508 e. The number of amides is 1. The van der Waals surface area contributed by atoms with Crippen molar-refractivity contribution in [3.05, 3.63) is 63.3 Å². The summed E-state index contributed by atoms with van der Waals surface area (Å²) >= 11 is 3.06. The number of aromatic nitrogens is 1. The number of anilines is 1. The molecule has 2 aromatic heterocycles. The predicted octanol–water partition coefficient (Wildman–Crippen LogP) is 4.24. The number of rotatable bonds is 3. The molecule has 1 amide bonds.